The molecule has 7 nitrogen and oxygen atoms in total. The number of hydrogen-bond acceptors (Lipinski definition) is 4. The highest BCUT2D eigenvalue weighted by molar-refractivity contribution is 5.73. The lowest BCUT2D eigenvalue weighted by molar-refractivity contribution is 0.360. The molecule has 0 aromatic carbocycles. The smallest absolute Gasteiger partial charge is 0.332 e. The molecular weight excluding hydrogens is 258 g/mol. The van der Waals surface area contributed by atoms with Crippen LogP contribution in [-0.2, 0) is 14.1 Å². The Balaban J connectivity index is 2.35. The molecule has 0 bridgehead atoms. The third-order valence-electron chi connectivity index (χ3n) is 4.25. The first kappa shape index (κ1) is 13.0. The second kappa shape index (κ2) is 4.50. The summed E-state index contributed by atoms with van der Waals surface area (Å²) >= 11 is 0. The Hall–Kier alpha value is -2.05. The van der Waals surface area contributed by atoms with Crippen molar-refractivity contribution >= 4 is 17.1 Å². The van der Waals surface area contributed by atoms with E-state index in [0.29, 0.717) is 11.6 Å². The van der Waals surface area contributed by atoms with Gasteiger partial charge in [-0.15, -0.1) is 0 Å². The van der Waals surface area contributed by atoms with Crippen LogP contribution in [0.25, 0.3) is 11.2 Å². The van der Waals surface area contributed by atoms with Gasteiger partial charge in [0.1, 0.15) is 0 Å². The van der Waals surface area contributed by atoms with Gasteiger partial charge in [-0.2, -0.15) is 0 Å². The van der Waals surface area contributed by atoms with Crippen LogP contribution in [0.3, 0.4) is 0 Å². The van der Waals surface area contributed by atoms with E-state index >= 15 is 0 Å². The first-order chi connectivity index (χ1) is 9.52. The largest absolute Gasteiger partial charge is 0.369 e. The summed E-state index contributed by atoms with van der Waals surface area (Å²) in [7, 11) is 3.12. The summed E-state index contributed by atoms with van der Waals surface area (Å²) in [4.78, 5) is 28.5. The van der Waals surface area contributed by atoms with Gasteiger partial charge < -0.3 is 5.73 Å². The average molecular weight is 277 g/mol. The summed E-state index contributed by atoms with van der Waals surface area (Å²) in [6, 6.07) is 0.228. The lowest BCUT2D eigenvalue weighted by Gasteiger charge is -2.24. The molecule has 1 aliphatic rings. The van der Waals surface area contributed by atoms with Crippen molar-refractivity contribution in [3.63, 3.8) is 0 Å². The van der Waals surface area contributed by atoms with Gasteiger partial charge in [0.15, 0.2) is 11.2 Å². The molecule has 1 fully saturated rings. The van der Waals surface area contributed by atoms with Gasteiger partial charge in [-0.1, -0.05) is 19.3 Å². The molecule has 2 aromatic heterocycles. The van der Waals surface area contributed by atoms with Gasteiger partial charge >= 0.3 is 5.69 Å². The molecule has 0 atom stereocenters. The summed E-state index contributed by atoms with van der Waals surface area (Å²) in [6.07, 6.45) is 5.53. The van der Waals surface area contributed by atoms with Crippen molar-refractivity contribution in [2.45, 2.75) is 38.1 Å². The maximum atomic E-state index is 12.2. The number of aryl methyl sites for hydroxylation is 1. The van der Waals surface area contributed by atoms with Crippen LogP contribution in [0.4, 0.5) is 5.95 Å². The fourth-order valence-corrected chi connectivity index (χ4v) is 3.17. The SMILES string of the molecule is Cn1c(=O)c2nc(N)n(C3CCCCC3)c2n(C)c1=O. The van der Waals surface area contributed by atoms with Crippen LogP contribution in [0.1, 0.15) is 38.1 Å². The highest BCUT2D eigenvalue weighted by Gasteiger charge is 2.24. The van der Waals surface area contributed by atoms with Gasteiger partial charge in [0.25, 0.3) is 5.56 Å². The number of aromatic nitrogens is 4. The van der Waals surface area contributed by atoms with Crippen molar-refractivity contribution in [2.24, 2.45) is 14.1 Å². The molecule has 7 heteroatoms. The quantitative estimate of drug-likeness (QED) is 0.823. The zero-order valence-electron chi connectivity index (χ0n) is 11.8. The molecular formula is C13H19N5O2. The number of imidazole rings is 1. The fourth-order valence-electron chi connectivity index (χ4n) is 3.17. The molecule has 0 amide bonds. The summed E-state index contributed by atoms with van der Waals surface area (Å²) in [5.74, 6) is 0.324. The summed E-state index contributed by atoms with van der Waals surface area (Å²) in [5.41, 5.74) is 6.10. The second-order valence-corrected chi connectivity index (χ2v) is 5.51. The molecule has 0 saturated heterocycles. The minimum atomic E-state index is -0.385. The molecule has 3 rings (SSSR count). The Kier molecular flexibility index (Phi) is 2.92. The normalized spacial score (nSPS) is 16.9. The van der Waals surface area contributed by atoms with E-state index in [9.17, 15) is 9.59 Å². The third-order valence-corrected chi connectivity index (χ3v) is 4.25. The van der Waals surface area contributed by atoms with Gasteiger partial charge in [-0.25, -0.2) is 9.78 Å². The van der Waals surface area contributed by atoms with Crippen LogP contribution in [0.15, 0.2) is 9.59 Å². The molecule has 108 valence electrons. The van der Waals surface area contributed by atoms with E-state index in [0.717, 1.165) is 30.3 Å². The fraction of sp³-hybridized carbons (Fsp3) is 0.615. The predicted molar refractivity (Wildman–Crippen MR) is 76.7 cm³/mol. The van der Waals surface area contributed by atoms with E-state index < -0.39 is 0 Å². The first-order valence-electron chi connectivity index (χ1n) is 6.95. The third kappa shape index (κ3) is 1.69. The molecule has 0 radical (unpaired) electrons. The van der Waals surface area contributed by atoms with Crippen molar-refractivity contribution in [3.8, 4) is 0 Å². The van der Waals surface area contributed by atoms with Crippen molar-refractivity contribution < 1.29 is 0 Å². The van der Waals surface area contributed by atoms with Crippen LogP contribution in [0.5, 0.6) is 0 Å². The zero-order chi connectivity index (χ0) is 14.4. The van der Waals surface area contributed by atoms with Gasteiger partial charge in [0.05, 0.1) is 0 Å². The zero-order valence-corrected chi connectivity index (χ0v) is 11.8. The van der Waals surface area contributed by atoms with E-state index in [2.05, 4.69) is 4.98 Å². The number of nitrogens with zero attached hydrogens (tertiary/aromatic N) is 4. The molecule has 0 aliphatic heterocycles. The Morgan fingerprint density at radius 1 is 1.10 bits per heavy atom. The van der Waals surface area contributed by atoms with Crippen LogP contribution >= 0.6 is 0 Å². The van der Waals surface area contributed by atoms with Crippen molar-refractivity contribution in [2.75, 3.05) is 5.73 Å². The van der Waals surface area contributed by atoms with Gasteiger partial charge in [0.2, 0.25) is 5.95 Å². The molecule has 2 heterocycles. The highest BCUT2D eigenvalue weighted by Crippen LogP contribution is 2.32. The van der Waals surface area contributed by atoms with Gasteiger partial charge in [-0.3, -0.25) is 18.5 Å². The topological polar surface area (TPSA) is 87.8 Å². The van der Waals surface area contributed by atoms with E-state index in [1.54, 1.807) is 7.05 Å². The Morgan fingerprint density at radius 3 is 2.40 bits per heavy atom. The van der Waals surface area contributed by atoms with E-state index in [-0.39, 0.29) is 22.8 Å². The Labute approximate surface area is 115 Å². The van der Waals surface area contributed by atoms with E-state index in [4.69, 9.17) is 5.73 Å². The molecule has 2 N–H and O–H groups in total. The Morgan fingerprint density at radius 2 is 1.75 bits per heavy atom. The maximum absolute atomic E-state index is 12.2. The molecule has 20 heavy (non-hydrogen) atoms. The van der Waals surface area contributed by atoms with Crippen molar-refractivity contribution in [1.82, 2.24) is 18.7 Å². The van der Waals surface area contributed by atoms with Crippen molar-refractivity contribution in [3.05, 3.63) is 20.8 Å². The minimum absolute atomic E-state index is 0.228. The number of hydrogen-bond donors (Lipinski definition) is 1. The van der Waals surface area contributed by atoms with Crippen molar-refractivity contribution in [1.29, 1.82) is 0 Å². The van der Waals surface area contributed by atoms with Gasteiger partial charge in [-0.05, 0) is 12.8 Å². The summed E-state index contributed by atoms with van der Waals surface area (Å²) < 4.78 is 4.41. The number of nitrogens with two attached hydrogens (primary N) is 1. The minimum Gasteiger partial charge on any atom is -0.369 e. The van der Waals surface area contributed by atoms with Crippen LogP contribution in [-0.4, -0.2) is 18.7 Å². The number of rotatable bonds is 1. The molecule has 1 aliphatic carbocycles. The first-order valence-corrected chi connectivity index (χ1v) is 6.95. The average Bonchev–Trinajstić information content (AvgIpc) is 2.81. The monoisotopic (exact) mass is 277 g/mol. The van der Waals surface area contributed by atoms with Crippen LogP contribution < -0.4 is 17.0 Å². The second-order valence-electron chi connectivity index (χ2n) is 5.51. The lowest BCUT2D eigenvalue weighted by atomic mass is 9.95. The Bertz CT molecular complexity index is 777. The number of nitrogen functional groups attached to an aromatic ring is 1. The predicted octanol–water partition coefficient (Wildman–Crippen LogP) is 0.521. The summed E-state index contributed by atoms with van der Waals surface area (Å²) in [5, 5.41) is 0. The lowest BCUT2D eigenvalue weighted by Crippen LogP contribution is -2.37. The maximum Gasteiger partial charge on any atom is 0.332 e. The van der Waals surface area contributed by atoms with Crippen LogP contribution in [0.2, 0.25) is 0 Å². The standard InChI is InChI=1S/C13H19N5O2/c1-16-10-9(11(19)17(2)13(16)20)15-12(14)18(10)8-6-4-3-5-7-8/h8H,3-7H2,1-2H3,(H2,14,15). The summed E-state index contributed by atoms with van der Waals surface area (Å²) in [6.45, 7) is 0. The highest BCUT2D eigenvalue weighted by atomic mass is 16.2. The van der Waals surface area contributed by atoms with E-state index in [1.807, 2.05) is 4.57 Å². The molecule has 1 saturated carbocycles. The number of fused-ring (bicyclic) bond motifs is 1. The number of anilines is 1. The molecule has 2 aromatic rings. The van der Waals surface area contributed by atoms with E-state index in [1.165, 1.54) is 18.0 Å². The van der Waals surface area contributed by atoms with Crippen LogP contribution in [0, 0.1) is 0 Å². The molecule has 0 spiro atoms. The molecule has 0 unspecified atom stereocenters. The van der Waals surface area contributed by atoms with Gasteiger partial charge in [0, 0.05) is 20.1 Å².